The largest absolute Gasteiger partial charge is 0.464 e. The Balaban J connectivity index is 1.70. The molecule has 2 aromatic heterocycles. The van der Waals surface area contributed by atoms with Gasteiger partial charge in [0.05, 0.1) is 19.3 Å². The highest BCUT2D eigenvalue weighted by Gasteiger charge is 2.35. The van der Waals surface area contributed by atoms with Crippen LogP contribution >= 0.6 is 7.75 Å². The first-order chi connectivity index (χ1) is 18.5. The van der Waals surface area contributed by atoms with E-state index in [1.807, 2.05) is 20.8 Å². The van der Waals surface area contributed by atoms with Gasteiger partial charge in [0.25, 0.3) is 0 Å². The van der Waals surface area contributed by atoms with E-state index >= 15 is 0 Å². The molecule has 0 radical (unpaired) electrons. The lowest BCUT2D eigenvalue weighted by Crippen LogP contribution is -2.38. The predicted molar refractivity (Wildman–Crippen MR) is 146 cm³/mol. The molecule has 4 atom stereocenters. The fourth-order valence-electron chi connectivity index (χ4n) is 3.51. The number of nitrogens with two attached hydrogens (primary N) is 1. The van der Waals surface area contributed by atoms with Crippen LogP contribution in [0.3, 0.4) is 0 Å². The Kier molecular flexibility index (Phi) is 10.5. The van der Waals surface area contributed by atoms with Crippen molar-refractivity contribution in [2.45, 2.75) is 58.8 Å². The number of aliphatic hydroxyl groups excluding tert-OH is 1. The molecule has 3 rings (SSSR count). The van der Waals surface area contributed by atoms with Gasteiger partial charge in [-0.2, -0.15) is 10.2 Å². The second-order valence-electron chi connectivity index (χ2n) is 9.99. The molecule has 0 aliphatic rings. The van der Waals surface area contributed by atoms with Crippen LogP contribution in [0.5, 0.6) is 5.75 Å². The number of hydrogen-bond donors (Lipinski definition) is 3. The quantitative estimate of drug-likeness (QED) is 0.184. The van der Waals surface area contributed by atoms with Gasteiger partial charge in [-0.1, -0.05) is 39.0 Å². The SMILES string of the molecule is CCC(C)(C)COC(=O)[C@H](C)NP(=O)(OC[C@@H](OC)[C@@H](O)Cc1ccc2c(N)ncnn12)Oc1ccccc1. The summed E-state index contributed by atoms with van der Waals surface area (Å²) < 4.78 is 37.6. The minimum absolute atomic E-state index is 0.139. The number of aromatic nitrogens is 3. The van der Waals surface area contributed by atoms with Gasteiger partial charge in [0.1, 0.15) is 29.7 Å². The lowest BCUT2D eigenvalue weighted by molar-refractivity contribution is -0.148. The van der Waals surface area contributed by atoms with E-state index in [0.29, 0.717) is 17.0 Å². The minimum Gasteiger partial charge on any atom is -0.464 e. The van der Waals surface area contributed by atoms with Crippen molar-refractivity contribution in [2.24, 2.45) is 5.41 Å². The van der Waals surface area contributed by atoms with E-state index in [-0.39, 0.29) is 30.8 Å². The molecule has 4 N–H and O–H groups in total. The molecule has 12 nitrogen and oxygen atoms in total. The van der Waals surface area contributed by atoms with E-state index in [1.165, 1.54) is 20.4 Å². The van der Waals surface area contributed by atoms with Crippen LogP contribution < -0.4 is 15.3 Å². The lowest BCUT2D eigenvalue weighted by atomic mass is 9.92. The van der Waals surface area contributed by atoms with Crippen LogP contribution in [0.1, 0.15) is 39.8 Å². The first-order valence-corrected chi connectivity index (χ1v) is 14.2. The topological polar surface area (TPSA) is 160 Å². The van der Waals surface area contributed by atoms with Crippen molar-refractivity contribution in [3.8, 4) is 5.75 Å². The summed E-state index contributed by atoms with van der Waals surface area (Å²) in [5, 5.41) is 17.8. The number of rotatable bonds is 15. The fourth-order valence-corrected chi connectivity index (χ4v) is 5.01. The summed E-state index contributed by atoms with van der Waals surface area (Å²) in [5.41, 5.74) is 6.97. The fraction of sp³-hybridized carbons (Fsp3) is 0.500. The number of anilines is 1. The Morgan fingerprint density at radius 1 is 1.23 bits per heavy atom. The molecule has 0 fully saturated rings. The summed E-state index contributed by atoms with van der Waals surface area (Å²) in [4.78, 5) is 16.6. The highest BCUT2D eigenvalue weighted by atomic mass is 31.2. The summed E-state index contributed by atoms with van der Waals surface area (Å²) in [6.07, 6.45) is 0.332. The van der Waals surface area contributed by atoms with Gasteiger partial charge >= 0.3 is 13.7 Å². The summed E-state index contributed by atoms with van der Waals surface area (Å²) >= 11 is 0. The van der Waals surface area contributed by atoms with Crippen molar-refractivity contribution in [2.75, 3.05) is 26.1 Å². The maximum Gasteiger partial charge on any atom is 0.459 e. The summed E-state index contributed by atoms with van der Waals surface area (Å²) in [7, 11) is -2.73. The zero-order chi connectivity index (χ0) is 28.6. The molecular formula is C26H38N5O7P. The molecule has 0 spiro atoms. The van der Waals surface area contributed by atoms with E-state index in [4.69, 9.17) is 24.3 Å². The number of esters is 1. The van der Waals surface area contributed by atoms with Crippen molar-refractivity contribution in [1.29, 1.82) is 0 Å². The van der Waals surface area contributed by atoms with E-state index in [9.17, 15) is 14.5 Å². The maximum absolute atomic E-state index is 13.8. The van der Waals surface area contributed by atoms with Gasteiger partial charge in [-0.05, 0) is 43.0 Å². The molecule has 0 bridgehead atoms. The number of ether oxygens (including phenoxy) is 2. The summed E-state index contributed by atoms with van der Waals surface area (Å²) in [6.45, 7) is 7.40. The molecule has 0 aliphatic heterocycles. The first-order valence-electron chi connectivity index (χ1n) is 12.7. The molecule has 13 heteroatoms. The molecule has 3 aromatic rings. The number of aliphatic hydroxyl groups is 1. The number of carbonyl (C=O) groups excluding carboxylic acids is 1. The monoisotopic (exact) mass is 563 g/mol. The molecule has 1 unspecified atom stereocenters. The number of benzene rings is 1. The minimum atomic E-state index is -4.13. The van der Waals surface area contributed by atoms with Gasteiger partial charge < -0.3 is 24.8 Å². The Hall–Kier alpha value is -3.02. The number of methoxy groups -OCH3 is 1. The summed E-state index contributed by atoms with van der Waals surface area (Å²) in [5.74, 6) is -0.0116. The number of carbonyl (C=O) groups is 1. The van der Waals surface area contributed by atoms with Crippen LogP contribution in [0.15, 0.2) is 48.8 Å². The summed E-state index contributed by atoms with van der Waals surface area (Å²) in [6, 6.07) is 10.9. The lowest BCUT2D eigenvalue weighted by Gasteiger charge is -2.27. The third-order valence-electron chi connectivity index (χ3n) is 6.36. The molecular weight excluding hydrogens is 525 g/mol. The number of nitrogens with zero attached hydrogens (tertiary/aromatic N) is 3. The Morgan fingerprint density at radius 2 is 1.95 bits per heavy atom. The van der Waals surface area contributed by atoms with Gasteiger partial charge in [-0.3, -0.25) is 9.32 Å². The average Bonchev–Trinajstić information content (AvgIpc) is 3.32. The normalized spacial score (nSPS) is 15.8. The Labute approximate surface area is 228 Å². The van der Waals surface area contributed by atoms with Crippen molar-refractivity contribution in [3.05, 3.63) is 54.5 Å². The van der Waals surface area contributed by atoms with Crippen LogP contribution in [-0.2, 0) is 29.8 Å². The highest BCUT2D eigenvalue weighted by Crippen LogP contribution is 2.45. The van der Waals surface area contributed by atoms with Gasteiger partial charge in [0.15, 0.2) is 5.82 Å². The molecule has 0 saturated carbocycles. The van der Waals surface area contributed by atoms with Crippen LogP contribution in [0, 0.1) is 5.41 Å². The van der Waals surface area contributed by atoms with Crippen LogP contribution in [0.2, 0.25) is 0 Å². The van der Waals surface area contributed by atoms with Crippen molar-refractivity contribution < 1.29 is 33.0 Å². The Morgan fingerprint density at radius 3 is 2.62 bits per heavy atom. The van der Waals surface area contributed by atoms with Crippen molar-refractivity contribution in [3.63, 3.8) is 0 Å². The molecule has 0 saturated heterocycles. The van der Waals surface area contributed by atoms with Crippen molar-refractivity contribution >= 4 is 25.1 Å². The molecule has 0 aliphatic carbocycles. The number of fused-ring (bicyclic) bond motifs is 1. The van der Waals surface area contributed by atoms with Gasteiger partial charge in [-0.25, -0.2) is 14.1 Å². The number of nitrogens with one attached hydrogen (secondary N) is 1. The highest BCUT2D eigenvalue weighted by molar-refractivity contribution is 7.52. The van der Waals surface area contributed by atoms with Gasteiger partial charge in [0.2, 0.25) is 0 Å². The first kappa shape index (κ1) is 30.5. The van der Waals surface area contributed by atoms with Gasteiger partial charge in [0, 0.05) is 19.2 Å². The van der Waals surface area contributed by atoms with Crippen LogP contribution in [0.25, 0.3) is 5.52 Å². The number of hydrogen-bond acceptors (Lipinski definition) is 10. The average molecular weight is 564 g/mol. The smallest absolute Gasteiger partial charge is 0.459 e. The van der Waals surface area contributed by atoms with E-state index < -0.39 is 32.0 Å². The predicted octanol–water partition coefficient (Wildman–Crippen LogP) is 3.39. The third kappa shape index (κ3) is 8.48. The van der Waals surface area contributed by atoms with E-state index in [1.54, 1.807) is 47.0 Å². The van der Waals surface area contributed by atoms with Crippen LogP contribution in [0.4, 0.5) is 5.82 Å². The molecule has 1 aromatic carbocycles. The number of nitrogen functional groups attached to an aromatic ring is 1. The number of para-hydroxylation sites is 1. The molecule has 2 heterocycles. The zero-order valence-corrected chi connectivity index (χ0v) is 23.8. The van der Waals surface area contributed by atoms with Crippen LogP contribution in [-0.4, -0.2) is 64.2 Å². The second-order valence-corrected chi connectivity index (χ2v) is 11.7. The zero-order valence-electron chi connectivity index (χ0n) is 22.9. The second kappa shape index (κ2) is 13.4. The Bertz CT molecular complexity index is 1270. The van der Waals surface area contributed by atoms with E-state index in [0.717, 1.165) is 6.42 Å². The standard InChI is InChI=1S/C26H38N5O7P/c1-6-26(3,4)16-36-25(33)18(2)30-39(34,38-20-10-8-7-9-11-20)37-15-23(35-5)22(32)14-19-12-13-21-24(27)28-17-29-31(19)21/h7-13,17-18,22-23,32H,6,14-16H2,1-5H3,(H,30,34)(H2,27,28,29)/t18-,22-,23+,39?/m0/s1. The van der Waals surface area contributed by atoms with Crippen molar-refractivity contribution in [1.82, 2.24) is 19.7 Å². The molecule has 0 amide bonds. The maximum atomic E-state index is 13.8. The molecule has 39 heavy (non-hydrogen) atoms. The molecule has 214 valence electrons. The third-order valence-corrected chi connectivity index (χ3v) is 8.00. The van der Waals surface area contributed by atoms with Gasteiger partial charge in [-0.15, -0.1) is 0 Å². The van der Waals surface area contributed by atoms with E-state index in [2.05, 4.69) is 15.2 Å².